The summed E-state index contributed by atoms with van der Waals surface area (Å²) in [6.45, 7) is 0. The van der Waals surface area contributed by atoms with Crippen molar-refractivity contribution in [1.29, 1.82) is 0 Å². The third kappa shape index (κ3) is 3.03. The van der Waals surface area contributed by atoms with Gasteiger partial charge < -0.3 is 15.7 Å². The van der Waals surface area contributed by atoms with Gasteiger partial charge in [-0.15, -0.1) is 0 Å². The molecule has 0 saturated heterocycles. The highest BCUT2D eigenvalue weighted by atomic mass is 79.9. The van der Waals surface area contributed by atoms with E-state index in [0.29, 0.717) is 10.2 Å². The molecule has 0 spiro atoms. The highest BCUT2D eigenvalue weighted by Crippen LogP contribution is 2.26. The number of pyridine rings is 1. The van der Waals surface area contributed by atoms with Gasteiger partial charge in [-0.1, -0.05) is 0 Å². The lowest BCUT2D eigenvalue weighted by Crippen LogP contribution is -2.28. The van der Waals surface area contributed by atoms with Crippen LogP contribution < -0.4 is 10.6 Å². The Bertz CT molecular complexity index is 718. The molecule has 2 aromatic rings. The predicted molar refractivity (Wildman–Crippen MR) is 82.5 cm³/mol. The van der Waals surface area contributed by atoms with Gasteiger partial charge in [0.15, 0.2) is 0 Å². The number of aromatic carboxylic acids is 1. The van der Waals surface area contributed by atoms with E-state index < -0.39 is 5.97 Å². The Hall–Kier alpha value is -2.41. The zero-order valence-electron chi connectivity index (χ0n) is 11.1. The van der Waals surface area contributed by atoms with Crippen molar-refractivity contribution < 1.29 is 14.7 Å². The number of hydrogen-bond donors (Lipinski definition) is 2. The summed E-state index contributed by atoms with van der Waals surface area (Å²) in [5.41, 5.74) is 6.77. The lowest BCUT2D eigenvalue weighted by molar-refractivity contribution is 0.0697. The molecule has 2 rings (SSSR count). The van der Waals surface area contributed by atoms with Crippen LogP contribution in [0.25, 0.3) is 0 Å². The number of carbonyl (C=O) groups is 2. The molecule has 0 unspecified atom stereocenters. The quantitative estimate of drug-likeness (QED) is 0.829. The molecule has 0 atom stereocenters. The van der Waals surface area contributed by atoms with E-state index in [1.54, 1.807) is 19.2 Å². The van der Waals surface area contributed by atoms with Crippen LogP contribution in [0.3, 0.4) is 0 Å². The monoisotopic (exact) mass is 349 g/mol. The van der Waals surface area contributed by atoms with E-state index in [4.69, 9.17) is 10.8 Å². The van der Waals surface area contributed by atoms with Crippen molar-refractivity contribution in [2.45, 2.75) is 0 Å². The van der Waals surface area contributed by atoms with E-state index in [2.05, 4.69) is 20.9 Å². The van der Waals surface area contributed by atoms with Gasteiger partial charge in [-0.05, 0) is 46.3 Å². The van der Waals surface area contributed by atoms with Gasteiger partial charge in [-0.2, -0.15) is 0 Å². The van der Waals surface area contributed by atoms with E-state index in [9.17, 15) is 9.59 Å². The van der Waals surface area contributed by atoms with E-state index >= 15 is 0 Å². The van der Waals surface area contributed by atoms with Gasteiger partial charge in [0.25, 0.3) is 5.91 Å². The standard InChI is InChI=1S/C14H12BrN3O3/c1-18(13(19)12-9(15)3-2-6-17-12)11-5-4-8(14(20)21)7-10(11)16/h2-7H,16H2,1H3,(H,20,21). The third-order valence-electron chi connectivity index (χ3n) is 2.90. The van der Waals surface area contributed by atoms with Crippen LogP contribution in [0.2, 0.25) is 0 Å². The molecule has 1 amide bonds. The number of halogens is 1. The fourth-order valence-electron chi connectivity index (χ4n) is 1.80. The molecular formula is C14H12BrN3O3. The minimum atomic E-state index is -1.07. The van der Waals surface area contributed by atoms with Crippen LogP contribution in [0.4, 0.5) is 11.4 Å². The van der Waals surface area contributed by atoms with Crippen molar-refractivity contribution in [2.24, 2.45) is 0 Å². The second kappa shape index (κ2) is 5.92. The molecule has 1 aromatic carbocycles. The summed E-state index contributed by atoms with van der Waals surface area (Å²) in [5, 5.41) is 8.91. The van der Waals surface area contributed by atoms with Crippen LogP contribution in [-0.4, -0.2) is 29.0 Å². The zero-order chi connectivity index (χ0) is 15.6. The largest absolute Gasteiger partial charge is 0.478 e. The van der Waals surface area contributed by atoms with Crippen molar-refractivity contribution >= 4 is 39.2 Å². The second-order valence-electron chi connectivity index (χ2n) is 4.28. The molecule has 7 heteroatoms. The summed E-state index contributed by atoms with van der Waals surface area (Å²) in [7, 11) is 1.55. The molecule has 0 aliphatic carbocycles. The lowest BCUT2D eigenvalue weighted by Gasteiger charge is -2.19. The Balaban J connectivity index is 2.36. The summed E-state index contributed by atoms with van der Waals surface area (Å²) in [5.74, 6) is -1.42. The SMILES string of the molecule is CN(C(=O)c1ncccc1Br)c1ccc(C(=O)O)cc1N. The molecular weight excluding hydrogens is 338 g/mol. The van der Waals surface area contributed by atoms with Crippen molar-refractivity contribution in [3.8, 4) is 0 Å². The molecule has 3 N–H and O–H groups in total. The maximum atomic E-state index is 12.4. The summed E-state index contributed by atoms with van der Waals surface area (Å²) < 4.78 is 0.572. The van der Waals surface area contributed by atoms with Gasteiger partial charge in [0.05, 0.1) is 16.9 Å². The number of nitrogens with zero attached hydrogens (tertiary/aromatic N) is 2. The number of anilines is 2. The number of nitrogen functional groups attached to an aromatic ring is 1. The van der Waals surface area contributed by atoms with Crippen LogP contribution >= 0.6 is 15.9 Å². The first-order valence-corrected chi connectivity index (χ1v) is 6.72. The van der Waals surface area contributed by atoms with Gasteiger partial charge >= 0.3 is 5.97 Å². The number of hydrogen-bond acceptors (Lipinski definition) is 4. The number of aromatic nitrogens is 1. The van der Waals surface area contributed by atoms with Crippen molar-refractivity contribution in [1.82, 2.24) is 4.98 Å². The van der Waals surface area contributed by atoms with Gasteiger partial charge in [-0.25, -0.2) is 9.78 Å². The van der Waals surface area contributed by atoms with Crippen LogP contribution in [0.15, 0.2) is 41.0 Å². The Morgan fingerprint density at radius 2 is 2.05 bits per heavy atom. The average molecular weight is 350 g/mol. The van der Waals surface area contributed by atoms with Gasteiger partial charge in [-0.3, -0.25) is 4.79 Å². The third-order valence-corrected chi connectivity index (χ3v) is 3.54. The molecule has 21 heavy (non-hydrogen) atoms. The van der Waals surface area contributed by atoms with E-state index in [1.165, 1.54) is 29.3 Å². The first kappa shape index (κ1) is 15.0. The fraction of sp³-hybridized carbons (Fsp3) is 0.0714. The Kier molecular flexibility index (Phi) is 4.23. The highest BCUT2D eigenvalue weighted by Gasteiger charge is 2.19. The van der Waals surface area contributed by atoms with Crippen LogP contribution in [-0.2, 0) is 0 Å². The van der Waals surface area contributed by atoms with Crippen molar-refractivity contribution in [2.75, 3.05) is 17.7 Å². The topological polar surface area (TPSA) is 96.5 Å². The molecule has 6 nitrogen and oxygen atoms in total. The number of carboxylic acids is 1. The van der Waals surface area contributed by atoms with E-state index in [1.807, 2.05) is 0 Å². The number of nitrogens with two attached hydrogens (primary N) is 1. The maximum absolute atomic E-state index is 12.4. The number of benzene rings is 1. The number of carbonyl (C=O) groups excluding carboxylic acids is 1. The van der Waals surface area contributed by atoms with Crippen molar-refractivity contribution in [3.63, 3.8) is 0 Å². The van der Waals surface area contributed by atoms with Gasteiger partial charge in [0.1, 0.15) is 5.69 Å². The molecule has 0 radical (unpaired) electrons. The minimum Gasteiger partial charge on any atom is -0.478 e. The normalized spacial score (nSPS) is 10.2. The molecule has 0 saturated carbocycles. The fourth-order valence-corrected chi connectivity index (χ4v) is 2.23. The van der Waals surface area contributed by atoms with E-state index in [-0.39, 0.29) is 22.9 Å². The Morgan fingerprint density at radius 1 is 1.33 bits per heavy atom. The highest BCUT2D eigenvalue weighted by molar-refractivity contribution is 9.10. The van der Waals surface area contributed by atoms with Crippen LogP contribution in [0.5, 0.6) is 0 Å². The maximum Gasteiger partial charge on any atom is 0.335 e. The smallest absolute Gasteiger partial charge is 0.335 e. The number of rotatable bonds is 3. The summed E-state index contributed by atoms with van der Waals surface area (Å²) >= 11 is 3.27. The first-order chi connectivity index (χ1) is 9.91. The van der Waals surface area contributed by atoms with Gasteiger partial charge in [0, 0.05) is 17.7 Å². The Morgan fingerprint density at radius 3 is 2.62 bits per heavy atom. The van der Waals surface area contributed by atoms with Crippen LogP contribution in [0.1, 0.15) is 20.8 Å². The molecule has 1 aromatic heterocycles. The first-order valence-electron chi connectivity index (χ1n) is 5.93. The van der Waals surface area contributed by atoms with Crippen LogP contribution in [0, 0.1) is 0 Å². The molecule has 0 aliphatic rings. The molecule has 108 valence electrons. The average Bonchev–Trinajstić information content (AvgIpc) is 2.46. The predicted octanol–water partition coefficient (Wildman–Crippen LogP) is 2.40. The number of amides is 1. The van der Waals surface area contributed by atoms with Crippen molar-refractivity contribution in [3.05, 3.63) is 52.3 Å². The minimum absolute atomic E-state index is 0.0658. The summed E-state index contributed by atoms with van der Waals surface area (Å²) in [4.78, 5) is 28.6. The summed E-state index contributed by atoms with van der Waals surface area (Å²) in [6.07, 6.45) is 1.52. The van der Waals surface area contributed by atoms with Gasteiger partial charge in [0.2, 0.25) is 0 Å². The zero-order valence-corrected chi connectivity index (χ0v) is 12.7. The van der Waals surface area contributed by atoms with E-state index in [0.717, 1.165) is 0 Å². The lowest BCUT2D eigenvalue weighted by atomic mass is 10.1. The Labute approximate surface area is 129 Å². The molecule has 0 fully saturated rings. The second-order valence-corrected chi connectivity index (χ2v) is 5.13. The molecule has 1 heterocycles. The molecule has 0 aliphatic heterocycles. The summed E-state index contributed by atoms with van der Waals surface area (Å²) in [6, 6.07) is 7.62. The number of carboxylic acid groups (broad SMARTS) is 1. The molecule has 0 bridgehead atoms.